The van der Waals surface area contributed by atoms with Crippen molar-refractivity contribution in [2.45, 2.75) is 19.4 Å². The normalized spacial score (nSPS) is 23.8. The highest BCUT2D eigenvalue weighted by atomic mass is 79.9. The first-order valence-electron chi connectivity index (χ1n) is 6.54. The van der Waals surface area contributed by atoms with E-state index in [2.05, 4.69) is 27.8 Å². The SMILES string of the molecule is CC1CCN(CCOc2ccc(Cl)cc2Br)C1CO. The van der Waals surface area contributed by atoms with Crippen molar-refractivity contribution in [3.05, 3.63) is 27.7 Å². The van der Waals surface area contributed by atoms with Gasteiger partial charge in [0.25, 0.3) is 0 Å². The number of nitrogens with zero attached hydrogens (tertiary/aromatic N) is 1. The average molecular weight is 349 g/mol. The standard InChI is InChI=1S/C14H19BrClNO2/c1-10-4-5-17(13(10)9-18)6-7-19-14-3-2-11(16)8-12(14)15/h2-3,8,10,13,18H,4-7,9H2,1H3. The van der Waals surface area contributed by atoms with Crippen LogP contribution in [0, 0.1) is 5.92 Å². The van der Waals surface area contributed by atoms with Gasteiger partial charge in [0.15, 0.2) is 0 Å². The number of hydrogen-bond donors (Lipinski definition) is 1. The van der Waals surface area contributed by atoms with Gasteiger partial charge in [-0.25, -0.2) is 0 Å². The molecule has 1 heterocycles. The van der Waals surface area contributed by atoms with Gasteiger partial charge in [-0.05, 0) is 53.0 Å². The molecule has 0 saturated carbocycles. The fraction of sp³-hybridized carbons (Fsp3) is 0.571. The van der Waals surface area contributed by atoms with E-state index in [1.807, 2.05) is 18.2 Å². The molecule has 1 aliphatic rings. The molecule has 1 saturated heterocycles. The van der Waals surface area contributed by atoms with Gasteiger partial charge in [-0.15, -0.1) is 0 Å². The summed E-state index contributed by atoms with van der Waals surface area (Å²) < 4.78 is 6.62. The number of ether oxygens (including phenoxy) is 1. The van der Waals surface area contributed by atoms with Gasteiger partial charge in [-0.3, -0.25) is 4.90 Å². The van der Waals surface area contributed by atoms with Gasteiger partial charge in [0.05, 0.1) is 11.1 Å². The molecular weight excluding hydrogens is 330 g/mol. The number of rotatable bonds is 5. The molecule has 106 valence electrons. The highest BCUT2D eigenvalue weighted by molar-refractivity contribution is 9.10. The zero-order valence-electron chi connectivity index (χ0n) is 11.0. The first kappa shape index (κ1) is 15.1. The minimum Gasteiger partial charge on any atom is -0.491 e. The van der Waals surface area contributed by atoms with Gasteiger partial charge in [-0.1, -0.05) is 18.5 Å². The summed E-state index contributed by atoms with van der Waals surface area (Å²) in [6, 6.07) is 5.78. The van der Waals surface area contributed by atoms with E-state index in [0.717, 1.165) is 29.7 Å². The number of benzene rings is 1. The molecule has 1 N–H and O–H groups in total. The van der Waals surface area contributed by atoms with E-state index >= 15 is 0 Å². The predicted molar refractivity (Wildman–Crippen MR) is 80.9 cm³/mol. The third kappa shape index (κ3) is 3.85. The largest absolute Gasteiger partial charge is 0.491 e. The van der Waals surface area contributed by atoms with Gasteiger partial charge >= 0.3 is 0 Å². The summed E-state index contributed by atoms with van der Waals surface area (Å²) in [5.74, 6) is 1.37. The van der Waals surface area contributed by atoms with Crippen LogP contribution in [-0.2, 0) is 0 Å². The lowest BCUT2D eigenvalue weighted by atomic mass is 10.0. The topological polar surface area (TPSA) is 32.7 Å². The molecule has 0 amide bonds. The van der Waals surface area contributed by atoms with E-state index in [1.165, 1.54) is 0 Å². The highest BCUT2D eigenvalue weighted by Gasteiger charge is 2.29. The van der Waals surface area contributed by atoms with Crippen LogP contribution in [0.4, 0.5) is 0 Å². The van der Waals surface area contributed by atoms with E-state index in [0.29, 0.717) is 17.5 Å². The summed E-state index contributed by atoms with van der Waals surface area (Å²) in [5, 5.41) is 10.1. The lowest BCUT2D eigenvalue weighted by Crippen LogP contribution is -2.37. The van der Waals surface area contributed by atoms with Crippen molar-refractivity contribution in [2.24, 2.45) is 5.92 Å². The molecule has 5 heteroatoms. The molecule has 1 aliphatic heterocycles. The second-order valence-corrected chi connectivity index (χ2v) is 6.27. The fourth-order valence-corrected chi connectivity index (χ4v) is 3.32. The van der Waals surface area contributed by atoms with Crippen molar-refractivity contribution in [1.29, 1.82) is 0 Å². The Hall–Kier alpha value is -0.290. The monoisotopic (exact) mass is 347 g/mol. The van der Waals surface area contributed by atoms with Crippen LogP contribution in [0.25, 0.3) is 0 Å². The molecule has 1 aromatic carbocycles. The first-order valence-corrected chi connectivity index (χ1v) is 7.71. The Labute approximate surface area is 127 Å². The summed E-state index contributed by atoms with van der Waals surface area (Å²) >= 11 is 9.32. The molecule has 1 aromatic rings. The van der Waals surface area contributed by atoms with Crippen LogP contribution in [-0.4, -0.2) is 42.4 Å². The van der Waals surface area contributed by atoms with Crippen LogP contribution in [0.5, 0.6) is 5.75 Å². The maximum Gasteiger partial charge on any atom is 0.133 e. The maximum atomic E-state index is 9.39. The van der Waals surface area contributed by atoms with Crippen molar-refractivity contribution in [3.63, 3.8) is 0 Å². The number of likely N-dealkylation sites (tertiary alicyclic amines) is 1. The Bertz CT molecular complexity index is 430. The maximum absolute atomic E-state index is 9.39. The average Bonchev–Trinajstić information content (AvgIpc) is 2.72. The Morgan fingerprint density at radius 3 is 3.00 bits per heavy atom. The number of aliphatic hydroxyl groups excluding tert-OH is 1. The van der Waals surface area contributed by atoms with Crippen molar-refractivity contribution in [2.75, 3.05) is 26.3 Å². The van der Waals surface area contributed by atoms with Gasteiger partial charge in [0.2, 0.25) is 0 Å². The second-order valence-electron chi connectivity index (χ2n) is 4.98. The molecule has 19 heavy (non-hydrogen) atoms. The molecule has 3 nitrogen and oxygen atoms in total. The fourth-order valence-electron chi connectivity index (χ4n) is 2.53. The smallest absolute Gasteiger partial charge is 0.133 e. The van der Waals surface area contributed by atoms with Crippen LogP contribution >= 0.6 is 27.5 Å². The molecule has 0 bridgehead atoms. The number of halogens is 2. The van der Waals surface area contributed by atoms with Crippen LogP contribution in [0.3, 0.4) is 0 Å². The lowest BCUT2D eigenvalue weighted by molar-refractivity contribution is 0.123. The summed E-state index contributed by atoms with van der Waals surface area (Å²) in [6.45, 7) is 4.91. The zero-order chi connectivity index (χ0) is 13.8. The van der Waals surface area contributed by atoms with Crippen LogP contribution in [0.2, 0.25) is 5.02 Å². The van der Waals surface area contributed by atoms with E-state index in [4.69, 9.17) is 16.3 Å². The molecule has 0 aliphatic carbocycles. The Kier molecular flexibility index (Phi) is 5.51. The third-order valence-corrected chi connectivity index (χ3v) is 4.57. The summed E-state index contributed by atoms with van der Waals surface area (Å²) in [7, 11) is 0. The molecule has 2 rings (SSSR count). The van der Waals surface area contributed by atoms with Crippen molar-refractivity contribution < 1.29 is 9.84 Å². The van der Waals surface area contributed by atoms with Crippen LogP contribution in [0.15, 0.2) is 22.7 Å². The minimum absolute atomic E-state index is 0.228. The quantitative estimate of drug-likeness (QED) is 0.887. The van der Waals surface area contributed by atoms with E-state index in [1.54, 1.807) is 0 Å². The van der Waals surface area contributed by atoms with Crippen LogP contribution < -0.4 is 4.74 Å². The van der Waals surface area contributed by atoms with E-state index in [9.17, 15) is 5.11 Å². The Morgan fingerprint density at radius 2 is 2.32 bits per heavy atom. The van der Waals surface area contributed by atoms with E-state index in [-0.39, 0.29) is 12.6 Å². The van der Waals surface area contributed by atoms with Gasteiger partial charge in [0.1, 0.15) is 12.4 Å². The Morgan fingerprint density at radius 1 is 1.53 bits per heavy atom. The lowest BCUT2D eigenvalue weighted by Gasteiger charge is -2.24. The predicted octanol–water partition coefficient (Wildman–Crippen LogP) is 3.18. The number of aliphatic hydroxyl groups is 1. The second kappa shape index (κ2) is 6.93. The molecule has 2 unspecified atom stereocenters. The summed E-state index contributed by atoms with van der Waals surface area (Å²) in [6.07, 6.45) is 1.15. The van der Waals surface area contributed by atoms with Gasteiger partial charge < -0.3 is 9.84 Å². The molecule has 2 atom stereocenters. The number of hydrogen-bond acceptors (Lipinski definition) is 3. The van der Waals surface area contributed by atoms with Crippen molar-refractivity contribution in [3.8, 4) is 5.75 Å². The van der Waals surface area contributed by atoms with Crippen molar-refractivity contribution in [1.82, 2.24) is 4.90 Å². The molecule has 0 radical (unpaired) electrons. The summed E-state index contributed by atoms with van der Waals surface area (Å²) in [4.78, 5) is 2.30. The molecule has 1 fully saturated rings. The minimum atomic E-state index is 0.228. The molecule has 0 spiro atoms. The first-order chi connectivity index (χ1) is 9.11. The molecule has 0 aromatic heterocycles. The third-order valence-electron chi connectivity index (χ3n) is 3.71. The van der Waals surface area contributed by atoms with Crippen LogP contribution in [0.1, 0.15) is 13.3 Å². The van der Waals surface area contributed by atoms with Gasteiger partial charge in [0, 0.05) is 17.6 Å². The van der Waals surface area contributed by atoms with Gasteiger partial charge in [-0.2, -0.15) is 0 Å². The van der Waals surface area contributed by atoms with Crippen molar-refractivity contribution >= 4 is 27.5 Å². The summed E-state index contributed by atoms with van der Waals surface area (Å²) in [5.41, 5.74) is 0. The Balaban J connectivity index is 1.83. The van der Waals surface area contributed by atoms with E-state index < -0.39 is 0 Å². The molecular formula is C14H19BrClNO2. The zero-order valence-corrected chi connectivity index (χ0v) is 13.3. The highest BCUT2D eigenvalue weighted by Crippen LogP contribution is 2.28.